The van der Waals surface area contributed by atoms with E-state index in [1.165, 1.54) is 16.6 Å². The average Bonchev–Trinajstić information content (AvgIpc) is 2.61. The van der Waals surface area contributed by atoms with Gasteiger partial charge in [-0.05, 0) is 48.9 Å². The van der Waals surface area contributed by atoms with E-state index in [0.29, 0.717) is 24.6 Å². The first-order valence-electron chi connectivity index (χ1n) is 7.94. The van der Waals surface area contributed by atoms with E-state index in [9.17, 15) is 13.5 Å². The second-order valence-corrected chi connectivity index (χ2v) is 7.26. The Morgan fingerprint density at radius 3 is 2.32 bits per heavy atom. The molecule has 1 heterocycles. The standard InChI is InChI=1S/C17H22N4O3S/c1-4-21(5-2)25(23,24)16-10-11-17(18-12-16)20-19-13(3)14-6-8-15(22)9-7-14/h6-12,22H,4-5H2,1-3H3,(H,18,20)/b19-13+. The average molecular weight is 362 g/mol. The zero-order chi connectivity index (χ0) is 18.4. The number of pyridine rings is 1. The van der Waals surface area contributed by atoms with Gasteiger partial charge in [-0.3, -0.25) is 5.43 Å². The van der Waals surface area contributed by atoms with Gasteiger partial charge in [-0.1, -0.05) is 13.8 Å². The monoisotopic (exact) mass is 362 g/mol. The quantitative estimate of drug-likeness (QED) is 0.583. The predicted molar refractivity (Wildman–Crippen MR) is 98.3 cm³/mol. The second kappa shape index (κ2) is 8.09. The van der Waals surface area contributed by atoms with Crippen LogP contribution in [0.1, 0.15) is 26.3 Å². The number of hydrazone groups is 1. The number of phenolic OH excluding ortho intramolecular Hbond substituents is 1. The van der Waals surface area contributed by atoms with Gasteiger partial charge < -0.3 is 5.11 Å². The molecule has 0 saturated heterocycles. The Labute approximate surface area is 148 Å². The SMILES string of the molecule is CCN(CC)S(=O)(=O)c1ccc(N/N=C(\C)c2ccc(O)cc2)nc1. The summed E-state index contributed by atoms with van der Waals surface area (Å²) in [6.07, 6.45) is 1.32. The number of aromatic nitrogens is 1. The summed E-state index contributed by atoms with van der Waals surface area (Å²) in [6.45, 7) is 6.24. The molecule has 0 aliphatic carbocycles. The summed E-state index contributed by atoms with van der Waals surface area (Å²) < 4.78 is 26.2. The van der Waals surface area contributed by atoms with Crippen molar-refractivity contribution in [1.82, 2.24) is 9.29 Å². The maximum absolute atomic E-state index is 12.4. The molecule has 0 radical (unpaired) electrons. The number of phenols is 1. The van der Waals surface area contributed by atoms with E-state index in [-0.39, 0.29) is 10.6 Å². The Morgan fingerprint density at radius 1 is 1.16 bits per heavy atom. The Hall–Kier alpha value is -2.45. The molecule has 0 aliphatic rings. The molecule has 1 aromatic carbocycles. The van der Waals surface area contributed by atoms with E-state index in [1.807, 2.05) is 6.92 Å². The summed E-state index contributed by atoms with van der Waals surface area (Å²) in [5.41, 5.74) is 4.36. The van der Waals surface area contributed by atoms with Crippen molar-refractivity contribution in [2.45, 2.75) is 25.7 Å². The molecule has 25 heavy (non-hydrogen) atoms. The van der Waals surface area contributed by atoms with Gasteiger partial charge in [0, 0.05) is 19.3 Å². The third-order valence-electron chi connectivity index (χ3n) is 3.70. The van der Waals surface area contributed by atoms with E-state index >= 15 is 0 Å². The lowest BCUT2D eigenvalue weighted by Gasteiger charge is -2.18. The molecule has 2 rings (SSSR count). The van der Waals surface area contributed by atoms with Gasteiger partial charge in [0.05, 0.1) is 5.71 Å². The first kappa shape index (κ1) is 18.9. The van der Waals surface area contributed by atoms with Crippen molar-refractivity contribution in [3.8, 4) is 5.75 Å². The predicted octanol–water partition coefficient (Wildman–Crippen LogP) is 2.65. The third kappa shape index (κ3) is 4.55. The van der Waals surface area contributed by atoms with Crippen molar-refractivity contribution in [1.29, 1.82) is 0 Å². The first-order valence-corrected chi connectivity index (χ1v) is 9.38. The highest BCUT2D eigenvalue weighted by Gasteiger charge is 2.21. The zero-order valence-corrected chi connectivity index (χ0v) is 15.3. The van der Waals surface area contributed by atoms with Crippen LogP contribution < -0.4 is 5.43 Å². The van der Waals surface area contributed by atoms with Gasteiger partial charge in [0.2, 0.25) is 10.0 Å². The number of hydrogen-bond donors (Lipinski definition) is 2. The number of aromatic hydroxyl groups is 1. The van der Waals surface area contributed by atoms with Crippen LogP contribution in [0.5, 0.6) is 5.75 Å². The minimum Gasteiger partial charge on any atom is -0.508 e. The van der Waals surface area contributed by atoms with Gasteiger partial charge in [-0.2, -0.15) is 9.41 Å². The van der Waals surface area contributed by atoms with Crippen LogP contribution in [0.15, 0.2) is 52.6 Å². The lowest BCUT2D eigenvalue weighted by atomic mass is 10.1. The number of rotatable bonds is 7. The highest BCUT2D eigenvalue weighted by molar-refractivity contribution is 7.89. The van der Waals surface area contributed by atoms with Crippen LogP contribution >= 0.6 is 0 Å². The largest absolute Gasteiger partial charge is 0.508 e. The first-order chi connectivity index (χ1) is 11.9. The molecule has 0 unspecified atom stereocenters. The number of hydrogen-bond acceptors (Lipinski definition) is 6. The molecule has 0 aliphatic heterocycles. The molecule has 134 valence electrons. The number of benzene rings is 1. The summed E-state index contributed by atoms with van der Waals surface area (Å²) in [5.74, 6) is 0.632. The van der Waals surface area contributed by atoms with E-state index in [1.54, 1.807) is 44.2 Å². The van der Waals surface area contributed by atoms with E-state index < -0.39 is 10.0 Å². The Balaban J connectivity index is 2.12. The Bertz CT molecular complexity index is 827. The van der Waals surface area contributed by atoms with Crippen molar-refractivity contribution in [3.63, 3.8) is 0 Å². The van der Waals surface area contributed by atoms with Crippen LogP contribution in [0.2, 0.25) is 0 Å². The summed E-state index contributed by atoms with van der Waals surface area (Å²) in [6, 6.07) is 9.75. The highest BCUT2D eigenvalue weighted by Crippen LogP contribution is 2.16. The van der Waals surface area contributed by atoms with Gasteiger partial charge >= 0.3 is 0 Å². The lowest BCUT2D eigenvalue weighted by molar-refractivity contribution is 0.445. The fourth-order valence-electron chi connectivity index (χ4n) is 2.22. The topological polar surface area (TPSA) is 94.9 Å². The van der Waals surface area contributed by atoms with Crippen LogP contribution in [-0.2, 0) is 10.0 Å². The number of nitrogens with one attached hydrogen (secondary N) is 1. The van der Waals surface area contributed by atoms with E-state index in [4.69, 9.17) is 0 Å². The van der Waals surface area contributed by atoms with Crippen LogP contribution in [0.25, 0.3) is 0 Å². The van der Waals surface area contributed by atoms with Gasteiger partial charge in [0.1, 0.15) is 16.5 Å². The molecule has 0 amide bonds. The molecule has 0 atom stereocenters. The molecular weight excluding hydrogens is 340 g/mol. The van der Waals surface area contributed by atoms with E-state index in [2.05, 4.69) is 15.5 Å². The lowest BCUT2D eigenvalue weighted by Crippen LogP contribution is -2.30. The van der Waals surface area contributed by atoms with Crippen molar-refractivity contribution in [2.24, 2.45) is 5.10 Å². The summed E-state index contributed by atoms with van der Waals surface area (Å²) in [4.78, 5) is 4.27. The molecule has 7 nitrogen and oxygen atoms in total. The second-order valence-electron chi connectivity index (χ2n) is 5.32. The molecule has 0 bridgehead atoms. The van der Waals surface area contributed by atoms with E-state index in [0.717, 1.165) is 5.56 Å². The smallest absolute Gasteiger partial charge is 0.244 e. The van der Waals surface area contributed by atoms with Gasteiger partial charge in [-0.25, -0.2) is 13.4 Å². The summed E-state index contributed by atoms with van der Waals surface area (Å²) >= 11 is 0. The number of sulfonamides is 1. The molecular formula is C17H22N4O3S. The zero-order valence-electron chi connectivity index (χ0n) is 14.5. The van der Waals surface area contributed by atoms with Gasteiger partial charge in [0.25, 0.3) is 0 Å². The minimum atomic E-state index is -3.51. The maximum Gasteiger partial charge on any atom is 0.244 e. The summed E-state index contributed by atoms with van der Waals surface area (Å²) in [5, 5.41) is 13.5. The molecule has 0 fully saturated rings. The van der Waals surface area contributed by atoms with Crippen LogP contribution in [0.4, 0.5) is 5.82 Å². The minimum absolute atomic E-state index is 0.154. The van der Waals surface area contributed by atoms with Crippen molar-refractivity contribution in [2.75, 3.05) is 18.5 Å². The van der Waals surface area contributed by atoms with Crippen LogP contribution in [-0.4, -0.2) is 41.6 Å². The third-order valence-corrected chi connectivity index (χ3v) is 5.74. The van der Waals surface area contributed by atoms with Gasteiger partial charge in [0.15, 0.2) is 0 Å². The highest BCUT2D eigenvalue weighted by atomic mass is 32.2. The maximum atomic E-state index is 12.4. The van der Waals surface area contributed by atoms with Crippen LogP contribution in [0.3, 0.4) is 0 Å². The van der Waals surface area contributed by atoms with Gasteiger partial charge in [-0.15, -0.1) is 0 Å². The molecule has 2 N–H and O–H groups in total. The molecule has 1 aromatic heterocycles. The molecule has 0 saturated carbocycles. The molecule has 0 spiro atoms. The Morgan fingerprint density at radius 2 is 1.80 bits per heavy atom. The number of anilines is 1. The Kier molecular flexibility index (Phi) is 6.11. The fourth-order valence-corrected chi connectivity index (χ4v) is 3.62. The molecule has 8 heteroatoms. The molecule has 2 aromatic rings. The normalized spacial score (nSPS) is 12.4. The van der Waals surface area contributed by atoms with Crippen molar-refractivity contribution >= 4 is 21.6 Å². The van der Waals surface area contributed by atoms with Crippen LogP contribution in [0, 0.1) is 0 Å². The van der Waals surface area contributed by atoms with Crippen molar-refractivity contribution < 1.29 is 13.5 Å². The summed E-state index contributed by atoms with van der Waals surface area (Å²) in [7, 11) is -3.51. The fraction of sp³-hybridized carbons (Fsp3) is 0.294. The number of nitrogens with zero attached hydrogens (tertiary/aromatic N) is 3. The van der Waals surface area contributed by atoms with Crippen molar-refractivity contribution in [3.05, 3.63) is 48.2 Å².